The van der Waals surface area contributed by atoms with Crippen molar-refractivity contribution in [2.24, 2.45) is 28.6 Å². The molecule has 0 amide bonds. The van der Waals surface area contributed by atoms with E-state index in [1.165, 1.54) is 6.92 Å². The van der Waals surface area contributed by atoms with E-state index in [4.69, 9.17) is 4.74 Å². The van der Waals surface area contributed by atoms with E-state index < -0.39 is 47.0 Å². The van der Waals surface area contributed by atoms with E-state index in [0.717, 1.165) is 5.57 Å². The van der Waals surface area contributed by atoms with E-state index in [9.17, 15) is 29.7 Å². The van der Waals surface area contributed by atoms with Gasteiger partial charge in [0.05, 0.1) is 12.2 Å². The van der Waals surface area contributed by atoms with Crippen molar-refractivity contribution in [3.8, 4) is 0 Å². The number of rotatable bonds is 3. The molecule has 0 aromatic heterocycles. The standard InChI is InChI=1S/C23H32O7/c1-12(24)30-11-19(28)23(29)7-5-15-14-9-17(26)16-8-13(25)4-6-21(16,2)20(14)18(27)10-22(15,23)3/h8,14-15,17-18,20,26-27,29H,4-7,9-11H2,1-3H3/t14-,15+,17+,18-,20-,21-,22-,23+/m0/s1. The molecule has 4 aliphatic rings. The number of hydrogen-bond donors (Lipinski definition) is 3. The molecule has 0 spiro atoms. The molecule has 0 bridgehead atoms. The summed E-state index contributed by atoms with van der Waals surface area (Å²) in [6.07, 6.45) is 2.54. The zero-order valence-corrected chi connectivity index (χ0v) is 17.9. The van der Waals surface area contributed by atoms with Gasteiger partial charge in [0.25, 0.3) is 0 Å². The summed E-state index contributed by atoms with van der Waals surface area (Å²) in [7, 11) is 0. The summed E-state index contributed by atoms with van der Waals surface area (Å²) in [5.74, 6) is -1.35. The van der Waals surface area contributed by atoms with Gasteiger partial charge in [-0.05, 0) is 66.9 Å². The Kier molecular flexibility index (Phi) is 5.03. The maximum atomic E-state index is 12.9. The van der Waals surface area contributed by atoms with Crippen LogP contribution in [0.4, 0.5) is 0 Å². The third kappa shape index (κ3) is 2.85. The number of ether oxygens (including phenoxy) is 1. The lowest BCUT2D eigenvalue weighted by molar-refractivity contribution is -0.188. The van der Waals surface area contributed by atoms with E-state index in [1.807, 2.05) is 13.8 Å². The second-order valence-corrected chi connectivity index (χ2v) is 10.3. The van der Waals surface area contributed by atoms with Crippen LogP contribution in [0.5, 0.6) is 0 Å². The van der Waals surface area contributed by atoms with Crippen molar-refractivity contribution in [1.82, 2.24) is 0 Å². The molecule has 8 atom stereocenters. The van der Waals surface area contributed by atoms with Crippen LogP contribution in [0.25, 0.3) is 0 Å². The summed E-state index contributed by atoms with van der Waals surface area (Å²) in [5, 5.41) is 33.7. The van der Waals surface area contributed by atoms with Gasteiger partial charge in [0.2, 0.25) is 5.78 Å². The van der Waals surface area contributed by atoms with Crippen molar-refractivity contribution >= 4 is 17.5 Å². The molecule has 7 heteroatoms. The predicted molar refractivity (Wildman–Crippen MR) is 106 cm³/mol. The van der Waals surface area contributed by atoms with Gasteiger partial charge in [0.15, 0.2) is 12.4 Å². The van der Waals surface area contributed by atoms with Gasteiger partial charge in [-0.3, -0.25) is 14.4 Å². The monoisotopic (exact) mass is 420 g/mol. The molecule has 0 radical (unpaired) electrons. The number of fused-ring (bicyclic) bond motifs is 5. The molecule has 3 fully saturated rings. The second-order valence-electron chi connectivity index (χ2n) is 10.3. The van der Waals surface area contributed by atoms with Crippen LogP contribution in [0, 0.1) is 28.6 Å². The molecule has 0 aromatic carbocycles. The lowest BCUT2D eigenvalue weighted by Crippen LogP contribution is -2.63. The zero-order chi connectivity index (χ0) is 22.1. The van der Waals surface area contributed by atoms with Crippen molar-refractivity contribution in [1.29, 1.82) is 0 Å². The molecule has 0 unspecified atom stereocenters. The predicted octanol–water partition coefficient (Wildman–Crippen LogP) is 1.32. The maximum absolute atomic E-state index is 12.9. The number of aliphatic hydroxyl groups is 3. The van der Waals surface area contributed by atoms with E-state index in [2.05, 4.69) is 0 Å². The van der Waals surface area contributed by atoms with Crippen LogP contribution >= 0.6 is 0 Å². The molecule has 0 saturated heterocycles. The molecule has 30 heavy (non-hydrogen) atoms. The normalized spacial score (nSPS) is 47.6. The van der Waals surface area contributed by atoms with Crippen LogP contribution in [-0.4, -0.2) is 57.3 Å². The number of esters is 1. The van der Waals surface area contributed by atoms with Gasteiger partial charge in [0.1, 0.15) is 5.60 Å². The lowest BCUT2D eigenvalue weighted by atomic mass is 9.45. The average molecular weight is 421 g/mol. The van der Waals surface area contributed by atoms with E-state index >= 15 is 0 Å². The highest BCUT2D eigenvalue weighted by atomic mass is 16.5. The Morgan fingerprint density at radius 3 is 2.60 bits per heavy atom. The van der Waals surface area contributed by atoms with Crippen LogP contribution in [0.15, 0.2) is 11.6 Å². The van der Waals surface area contributed by atoms with Gasteiger partial charge in [-0.2, -0.15) is 0 Å². The Morgan fingerprint density at radius 1 is 1.23 bits per heavy atom. The van der Waals surface area contributed by atoms with Crippen LogP contribution in [0.2, 0.25) is 0 Å². The lowest BCUT2D eigenvalue weighted by Gasteiger charge is -2.61. The van der Waals surface area contributed by atoms with Crippen LogP contribution < -0.4 is 0 Å². The summed E-state index contributed by atoms with van der Waals surface area (Å²) in [4.78, 5) is 36.0. The first-order valence-electron chi connectivity index (χ1n) is 10.9. The fourth-order valence-electron chi connectivity index (χ4n) is 7.49. The number of aliphatic hydroxyl groups excluding tert-OH is 2. The molecule has 3 N–H and O–H groups in total. The van der Waals surface area contributed by atoms with Gasteiger partial charge in [-0.15, -0.1) is 0 Å². The SMILES string of the molecule is CC(=O)OCC(=O)[C@]1(O)CC[C@@H]2[C@@H]3C[C@@H](O)C4=CC(=O)CC[C@]4(C)[C@@H]3[C@@H](O)C[C@@]21C. The topological polar surface area (TPSA) is 121 Å². The summed E-state index contributed by atoms with van der Waals surface area (Å²) in [6.45, 7) is 4.62. The van der Waals surface area contributed by atoms with Crippen LogP contribution in [0.3, 0.4) is 0 Å². The Bertz CT molecular complexity index is 818. The van der Waals surface area contributed by atoms with Gasteiger partial charge in [-0.25, -0.2) is 0 Å². The minimum absolute atomic E-state index is 0.0152. The summed E-state index contributed by atoms with van der Waals surface area (Å²) < 4.78 is 4.86. The Morgan fingerprint density at radius 2 is 1.93 bits per heavy atom. The highest BCUT2D eigenvalue weighted by Gasteiger charge is 2.69. The average Bonchev–Trinajstić information content (AvgIpc) is 2.93. The molecule has 4 aliphatic carbocycles. The third-order valence-corrected chi connectivity index (χ3v) is 8.93. The Labute approximate surface area is 176 Å². The highest BCUT2D eigenvalue weighted by Crippen LogP contribution is 2.67. The molecule has 7 nitrogen and oxygen atoms in total. The first-order valence-corrected chi connectivity index (χ1v) is 10.9. The molecule has 0 heterocycles. The smallest absolute Gasteiger partial charge is 0.303 e. The minimum Gasteiger partial charge on any atom is -0.458 e. The first-order chi connectivity index (χ1) is 13.9. The van der Waals surface area contributed by atoms with Crippen LogP contribution in [-0.2, 0) is 19.1 Å². The van der Waals surface area contributed by atoms with E-state index in [-0.39, 0.29) is 36.4 Å². The fraction of sp³-hybridized carbons (Fsp3) is 0.783. The summed E-state index contributed by atoms with van der Waals surface area (Å²) in [6, 6.07) is 0. The first kappa shape index (κ1) is 21.7. The molecule has 3 saturated carbocycles. The number of carbonyl (C=O) groups is 3. The van der Waals surface area contributed by atoms with Gasteiger partial charge in [0, 0.05) is 18.8 Å². The van der Waals surface area contributed by atoms with Crippen molar-refractivity contribution in [2.75, 3.05) is 6.61 Å². The second kappa shape index (κ2) is 6.97. The number of hydrogen-bond acceptors (Lipinski definition) is 7. The van der Waals surface area contributed by atoms with Crippen LogP contribution in [0.1, 0.15) is 59.3 Å². The summed E-state index contributed by atoms with van der Waals surface area (Å²) >= 11 is 0. The van der Waals surface area contributed by atoms with E-state index in [0.29, 0.717) is 25.7 Å². The number of carbonyl (C=O) groups excluding carboxylic acids is 3. The van der Waals surface area contributed by atoms with Gasteiger partial charge < -0.3 is 20.1 Å². The van der Waals surface area contributed by atoms with Gasteiger partial charge in [-0.1, -0.05) is 13.8 Å². The highest BCUT2D eigenvalue weighted by molar-refractivity contribution is 5.92. The van der Waals surface area contributed by atoms with Crippen molar-refractivity contribution in [3.05, 3.63) is 11.6 Å². The zero-order valence-electron chi connectivity index (χ0n) is 17.9. The molecule has 0 aromatic rings. The largest absolute Gasteiger partial charge is 0.458 e. The maximum Gasteiger partial charge on any atom is 0.303 e. The molecule has 166 valence electrons. The number of Topliss-reactive ketones (excluding diaryl/α,β-unsaturated/α-hetero) is 1. The minimum atomic E-state index is -1.68. The number of ketones is 2. The molecular formula is C23H32O7. The molecule has 4 rings (SSSR count). The Hall–Kier alpha value is -1.57. The fourth-order valence-corrected chi connectivity index (χ4v) is 7.49. The molecule has 0 aliphatic heterocycles. The Balaban J connectivity index is 1.69. The molecular weight excluding hydrogens is 388 g/mol. The van der Waals surface area contributed by atoms with Crippen molar-refractivity contribution < 1.29 is 34.4 Å². The third-order valence-electron chi connectivity index (χ3n) is 8.93. The van der Waals surface area contributed by atoms with Gasteiger partial charge >= 0.3 is 5.97 Å². The quantitative estimate of drug-likeness (QED) is 0.589. The van der Waals surface area contributed by atoms with E-state index in [1.54, 1.807) is 6.08 Å². The van der Waals surface area contributed by atoms with Crippen molar-refractivity contribution in [3.63, 3.8) is 0 Å². The summed E-state index contributed by atoms with van der Waals surface area (Å²) in [5.41, 5.74) is -2.29. The van der Waals surface area contributed by atoms with Crippen molar-refractivity contribution in [2.45, 2.75) is 77.1 Å².